The van der Waals surface area contributed by atoms with E-state index in [9.17, 15) is 14.9 Å². The molecule has 154 valence electrons. The number of carbonyl (C=O) groups is 1. The third kappa shape index (κ3) is 6.55. The van der Waals surface area contributed by atoms with E-state index in [2.05, 4.69) is 39.6 Å². The zero-order valence-corrected chi connectivity index (χ0v) is 16.6. The molecule has 0 atom stereocenters. The van der Waals surface area contributed by atoms with Crippen molar-refractivity contribution in [2.24, 2.45) is 0 Å². The van der Waals surface area contributed by atoms with Crippen LogP contribution in [0.15, 0.2) is 48.5 Å². The van der Waals surface area contributed by atoms with E-state index in [1.807, 2.05) is 12.1 Å². The average Bonchev–Trinajstić information content (AvgIpc) is 2.92. The van der Waals surface area contributed by atoms with E-state index in [1.165, 1.54) is 30.2 Å². The van der Waals surface area contributed by atoms with E-state index < -0.39 is 11.0 Å². The minimum absolute atomic E-state index is 0.0607. The molecule has 29 heavy (non-hydrogen) atoms. The summed E-state index contributed by atoms with van der Waals surface area (Å²) in [6.07, 6.45) is 1.19. The number of non-ortho nitro benzene ring substituents is 1. The molecule has 0 aromatic heterocycles. The lowest BCUT2D eigenvalue weighted by Crippen LogP contribution is -2.29. The molecule has 0 spiro atoms. The summed E-state index contributed by atoms with van der Waals surface area (Å²) in [6.45, 7) is 5.77. The first-order valence-corrected chi connectivity index (χ1v) is 9.77. The van der Waals surface area contributed by atoms with Gasteiger partial charge in [-0.05, 0) is 43.8 Å². The highest BCUT2D eigenvalue weighted by atomic mass is 16.6. The van der Waals surface area contributed by atoms with Gasteiger partial charge < -0.3 is 15.5 Å². The van der Waals surface area contributed by atoms with Crippen LogP contribution in [0.3, 0.4) is 0 Å². The maximum atomic E-state index is 12.1. The standard InChI is InChI=1S/C21H27N5O3/c1-24-10-3-11-25(13-12-24)16-18-8-6-17(7-9-18)15-22-21(27)23-19-4-2-5-20(14-19)26(28)29/h2,4-9,14H,3,10-13,15-16H2,1H3,(H2,22,23,27). The zero-order chi connectivity index (χ0) is 20.6. The van der Waals surface area contributed by atoms with Crippen LogP contribution in [0, 0.1) is 10.1 Å². The molecule has 8 nitrogen and oxygen atoms in total. The van der Waals surface area contributed by atoms with Gasteiger partial charge in [-0.25, -0.2) is 4.79 Å². The van der Waals surface area contributed by atoms with E-state index in [4.69, 9.17) is 0 Å². The van der Waals surface area contributed by atoms with Gasteiger partial charge in [-0.3, -0.25) is 15.0 Å². The van der Waals surface area contributed by atoms with Gasteiger partial charge in [0.05, 0.1) is 4.92 Å². The fraction of sp³-hybridized carbons (Fsp3) is 0.381. The molecule has 2 N–H and O–H groups in total. The highest BCUT2D eigenvalue weighted by Gasteiger charge is 2.12. The molecule has 8 heteroatoms. The van der Waals surface area contributed by atoms with Crippen molar-refractivity contribution in [2.75, 3.05) is 38.5 Å². The Kier molecular flexibility index (Phi) is 7.15. The van der Waals surface area contributed by atoms with E-state index in [1.54, 1.807) is 6.07 Å². The highest BCUT2D eigenvalue weighted by Crippen LogP contribution is 2.17. The average molecular weight is 397 g/mol. The Hall–Kier alpha value is -2.97. The number of carbonyl (C=O) groups excluding carboxylic acids is 1. The summed E-state index contributed by atoms with van der Waals surface area (Å²) in [6, 6.07) is 13.7. The molecule has 1 aliphatic heterocycles. The van der Waals surface area contributed by atoms with Crippen LogP contribution in [0.1, 0.15) is 17.5 Å². The van der Waals surface area contributed by atoms with Crippen LogP contribution in [0.4, 0.5) is 16.2 Å². The Labute approximate surface area is 170 Å². The van der Waals surface area contributed by atoms with Crippen molar-refractivity contribution in [1.82, 2.24) is 15.1 Å². The van der Waals surface area contributed by atoms with Crippen LogP contribution in [-0.2, 0) is 13.1 Å². The molecule has 1 saturated heterocycles. The fourth-order valence-corrected chi connectivity index (χ4v) is 3.33. The lowest BCUT2D eigenvalue weighted by Gasteiger charge is -2.20. The summed E-state index contributed by atoms with van der Waals surface area (Å²) < 4.78 is 0. The predicted octanol–water partition coefficient (Wildman–Crippen LogP) is 3.05. The van der Waals surface area contributed by atoms with Crippen molar-refractivity contribution < 1.29 is 9.72 Å². The first-order valence-electron chi connectivity index (χ1n) is 9.77. The highest BCUT2D eigenvalue weighted by molar-refractivity contribution is 5.89. The number of anilines is 1. The molecule has 0 unspecified atom stereocenters. The molecule has 1 heterocycles. The molecule has 0 aliphatic carbocycles. The Balaban J connectivity index is 1.46. The van der Waals surface area contributed by atoms with E-state index in [0.717, 1.165) is 38.3 Å². The SMILES string of the molecule is CN1CCCN(Cc2ccc(CNC(=O)Nc3cccc([N+](=O)[O-])c3)cc2)CC1. The van der Waals surface area contributed by atoms with Gasteiger partial charge >= 0.3 is 6.03 Å². The topological polar surface area (TPSA) is 90.8 Å². The smallest absolute Gasteiger partial charge is 0.319 e. The van der Waals surface area contributed by atoms with Gasteiger partial charge in [0.2, 0.25) is 0 Å². The summed E-state index contributed by atoms with van der Waals surface area (Å²) in [5.41, 5.74) is 2.59. The lowest BCUT2D eigenvalue weighted by molar-refractivity contribution is -0.384. The summed E-state index contributed by atoms with van der Waals surface area (Å²) >= 11 is 0. The van der Waals surface area contributed by atoms with Gasteiger partial charge in [-0.2, -0.15) is 0 Å². The van der Waals surface area contributed by atoms with Crippen LogP contribution in [0.2, 0.25) is 0 Å². The third-order valence-electron chi connectivity index (χ3n) is 5.01. The quantitative estimate of drug-likeness (QED) is 0.577. The zero-order valence-electron chi connectivity index (χ0n) is 16.6. The van der Waals surface area contributed by atoms with Crippen molar-refractivity contribution >= 4 is 17.4 Å². The molecule has 2 aromatic carbocycles. The minimum Gasteiger partial charge on any atom is -0.334 e. The fourth-order valence-electron chi connectivity index (χ4n) is 3.33. The number of nitrogens with zero attached hydrogens (tertiary/aromatic N) is 3. The molecule has 0 saturated carbocycles. The predicted molar refractivity (Wildman–Crippen MR) is 113 cm³/mol. The molecule has 0 bridgehead atoms. The molecule has 1 fully saturated rings. The maximum Gasteiger partial charge on any atom is 0.319 e. The summed E-state index contributed by atoms with van der Waals surface area (Å²) in [5, 5.41) is 16.2. The van der Waals surface area contributed by atoms with Crippen molar-refractivity contribution in [3.8, 4) is 0 Å². The van der Waals surface area contributed by atoms with E-state index in [-0.39, 0.29) is 5.69 Å². The van der Waals surface area contributed by atoms with Gasteiger partial charge in [0.15, 0.2) is 0 Å². The molecule has 3 rings (SSSR count). The molecular weight excluding hydrogens is 370 g/mol. The number of nitro benzene ring substituents is 1. The van der Waals surface area contributed by atoms with Crippen LogP contribution >= 0.6 is 0 Å². The summed E-state index contributed by atoms with van der Waals surface area (Å²) in [5.74, 6) is 0. The van der Waals surface area contributed by atoms with Gasteiger partial charge in [0.1, 0.15) is 0 Å². The second kappa shape index (κ2) is 9.99. The van der Waals surface area contributed by atoms with Crippen LogP contribution in [-0.4, -0.2) is 54.0 Å². The number of nitro groups is 1. The number of hydrogen-bond acceptors (Lipinski definition) is 5. The van der Waals surface area contributed by atoms with Gasteiger partial charge in [0.25, 0.3) is 5.69 Å². The lowest BCUT2D eigenvalue weighted by atomic mass is 10.1. The number of likely N-dealkylation sites (N-methyl/N-ethyl adjacent to an activating group) is 1. The number of urea groups is 1. The van der Waals surface area contributed by atoms with E-state index >= 15 is 0 Å². The molecular formula is C21H27N5O3. The number of nitrogens with one attached hydrogen (secondary N) is 2. The number of benzene rings is 2. The number of hydrogen-bond donors (Lipinski definition) is 2. The van der Waals surface area contributed by atoms with Crippen molar-refractivity contribution in [1.29, 1.82) is 0 Å². The Bertz CT molecular complexity index is 840. The van der Waals surface area contributed by atoms with Crippen molar-refractivity contribution in [2.45, 2.75) is 19.5 Å². The van der Waals surface area contributed by atoms with E-state index in [0.29, 0.717) is 12.2 Å². The monoisotopic (exact) mass is 397 g/mol. The van der Waals surface area contributed by atoms with Gasteiger partial charge in [-0.1, -0.05) is 30.3 Å². The molecule has 2 amide bonds. The second-order valence-electron chi connectivity index (χ2n) is 7.36. The van der Waals surface area contributed by atoms with Crippen LogP contribution in [0.5, 0.6) is 0 Å². The second-order valence-corrected chi connectivity index (χ2v) is 7.36. The van der Waals surface area contributed by atoms with Crippen LogP contribution < -0.4 is 10.6 Å². The first-order chi connectivity index (χ1) is 14.0. The molecule has 0 radical (unpaired) electrons. The Morgan fingerprint density at radius 2 is 1.83 bits per heavy atom. The third-order valence-corrected chi connectivity index (χ3v) is 5.01. The van der Waals surface area contributed by atoms with Crippen LogP contribution in [0.25, 0.3) is 0 Å². The van der Waals surface area contributed by atoms with Crippen molar-refractivity contribution in [3.63, 3.8) is 0 Å². The summed E-state index contributed by atoms with van der Waals surface area (Å²) in [4.78, 5) is 27.2. The number of rotatable bonds is 6. The summed E-state index contributed by atoms with van der Waals surface area (Å²) in [7, 11) is 2.17. The first kappa shape index (κ1) is 20.8. The van der Waals surface area contributed by atoms with Gasteiger partial charge in [-0.15, -0.1) is 0 Å². The maximum absolute atomic E-state index is 12.1. The van der Waals surface area contributed by atoms with Gasteiger partial charge in [0, 0.05) is 44.0 Å². The normalized spacial score (nSPS) is 15.5. The molecule has 2 aromatic rings. The largest absolute Gasteiger partial charge is 0.334 e. The Morgan fingerprint density at radius 1 is 1.07 bits per heavy atom. The molecule has 1 aliphatic rings. The van der Waals surface area contributed by atoms with Crippen molar-refractivity contribution in [3.05, 3.63) is 69.8 Å². The minimum atomic E-state index is -0.492. The Morgan fingerprint density at radius 3 is 2.59 bits per heavy atom. The number of amides is 2.